The highest BCUT2D eigenvalue weighted by atomic mass is 79.9. The second-order valence-corrected chi connectivity index (χ2v) is 6.04. The maximum atomic E-state index is 11.8. The topological polar surface area (TPSA) is 29.1 Å². The van der Waals surface area contributed by atoms with Crippen molar-refractivity contribution in [2.75, 3.05) is 11.9 Å². The molecule has 1 aliphatic carbocycles. The molecule has 0 aromatic rings. The van der Waals surface area contributed by atoms with Gasteiger partial charge in [0.25, 0.3) is 0 Å². The van der Waals surface area contributed by atoms with Crippen LogP contribution in [0.15, 0.2) is 0 Å². The summed E-state index contributed by atoms with van der Waals surface area (Å²) in [5.41, 5.74) is 0. The fourth-order valence-corrected chi connectivity index (χ4v) is 3.58. The van der Waals surface area contributed by atoms with E-state index in [0.717, 1.165) is 30.6 Å². The van der Waals surface area contributed by atoms with Crippen LogP contribution in [0.2, 0.25) is 0 Å². The quantitative estimate of drug-likeness (QED) is 0.744. The van der Waals surface area contributed by atoms with E-state index >= 15 is 0 Å². The largest absolute Gasteiger partial charge is 0.356 e. The first-order chi connectivity index (χ1) is 8.19. The van der Waals surface area contributed by atoms with Gasteiger partial charge in [-0.3, -0.25) is 4.79 Å². The van der Waals surface area contributed by atoms with Crippen LogP contribution >= 0.6 is 15.9 Å². The number of rotatable bonds is 6. The smallest absolute Gasteiger partial charge is 0.222 e. The average molecular weight is 304 g/mol. The molecule has 1 N–H and O–H groups in total. The summed E-state index contributed by atoms with van der Waals surface area (Å²) in [6, 6.07) is 0. The normalized spacial score (nSPS) is 26.5. The van der Waals surface area contributed by atoms with E-state index in [2.05, 4.69) is 28.2 Å². The van der Waals surface area contributed by atoms with Crippen molar-refractivity contribution in [3.8, 4) is 0 Å². The molecule has 0 radical (unpaired) electrons. The highest BCUT2D eigenvalue weighted by Crippen LogP contribution is 2.30. The van der Waals surface area contributed by atoms with Crippen molar-refractivity contribution in [3.05, 3.63) is 0 Å². The van der Waals surface area contributed by atoms with E-state index in [1.165, 1.54) is 25.7 Å². The molecular formula is C14H26BrNO. The lowest BCUT2D eigenvalue weighted by molar-refractivity contribution is -0.125. The second kappa shape index (κ2) is 8.12. The van der Waals surface area contributed by atoms with Crippen LogP contribution in [0.1, 0.15) is 52.4 Å². The van der Waals surface area contributed by atoms with E-state index in [0.29, 0.717) is 5.92 Å². The number of nitrogens with one attached hydrogen (secondary N) is 1. The fraction of sp³-hybridized carbons (Fsp3) is 0.929. The molecule has 1 fully saturated rings. The third-order valence-electron chi connectivity index (χ3n) is 3.97. The van der Waals surface area contributed by atoms with Crippen molar-refractivity contribution >= 4 is 21.8 Å². The van der Waals surface area contributed by atoms with Crippen molar-refractivity contribution in [1.29, 1.82) is 0 Å². The highest BCUT2D eigenvalue weighted by Gasteiger charge is 2.24. The van der Waals surface area contributed by atoms with Crippen LogP contribution in [0.5, 0.6) is 0 Å². The first-order valence-electron chi connectivity index (χ1n) is 7.02. The Labute approximate surface area is 114 Å². The van der Waals surface area contributed by atoms with Crippen LogP contribution in [0.3, 0.4) is 0 Å². The van der Waals surface area contributed by atoms with Gasteiger partial charge in [0.1, 0.15) is 0 Å². The Morgan fingerprint density at radius 1 is 1.35 bits per heavy atom. The van der Waals surface area contributed by atoms with Gasteiger partial charge in [-0.1, -0.05) is 49.0 Å². The SMILES string of the molecule is CCCC(C)C(=O)NCC1CCCCC1CBr. The van der Waals surface area contributed by atoms with Crippen molar-refractivity contribution < 1.29 is 4.79 Å². The number of halogens is 1. The molecule has 0 spiro atoms. The summed E-state index contributed by atoms with van der Waals surface area (Å²) in [7, 11) is 0. The first kappa shape index (κ1) is 15.0. The van der Waals surface area contributed by atoms with Crippen LogP contribution in [-0.2, 0) is 4.79 Å². The highest BCUT2D eigenvalue weighted by molar-refractivity contribution is 9.09. The second-order valence-electron chi connectivity index (χ2n) is 5.39. The van der Waals surface area contributed by atoms with Gasteiger partial charge in [0, 0.05) is 17.8 Å². The Balaban J connectivity index is 2.30. The van der Waals surface area contributed by atoms with Crippen LogP contribution in [-0.4, -0.2) is 17.8 Å². The van der Waals surface area contributed by atoms with Gasteiger partial charge in [0.15, 0.2) is 0 Å². The molecule has 0 saturated heterocycles. The molecule has 1 rings (SSSR count). The predicted octanol–water partition coefficient (Wildman–Crippen LogP) is 3.74. The maximum Gasteiger partial charge on any atom is 0.222 e. The summed E-state index contributed by atoms with van der Waals surface area (Å²) in [6.45, 7) is 5.04. The Bertz CT molecular complexity index is 232. The van der Waals surface area contributed by atoms with Crippen molar-refractivity contribution in [1.82, 2.24) is 5.32 Å². The lowest BCUT2D eigenvalue weighted by Gasteiger charge is -2.30. The average Bonchev–Trinajstić information content (AvgIpc) is 2.36. The third kappa shape index (κ3) is 4.99. The lowest BCUT2D eigenvalue weighted by Crippen LogP contribution is -2.37. The molecule has 17 heavy (non-hydrogen) atoms. The van der Waals surface area contributed by atoms with Gasteiger partial charge in [-0.15, -0.1) is 0 Å². The van der Waals surface area contributed by atoms with E-state index in [9.17, 15) is 4.79 Å². The van der Waals surface area contributed by atoms with Crippen LogP contribution < -0.4 is 5.32 Å². The van der Waals surface area contributed by atoms with Gasteiger partial charge in [-0.2, -0.15) is 0 Å². The molecule has 1 aliphatic rings. The molecule has 0 aliphatic heterocycles. The minimum atomic E-state index is 0.172. The Morgan fingerprint density at radius 2 is 2.00 bits per heavy atom. The van der Waals surface area contributed by atoms with E-state index in [-0.39, 0.29) is 11.8 Å². The molecule has 0 aromatic heterocycles. The molecular weight excluding hydrogens is 278 g/mol. The minimum absolute atomic E-state index is 0.172. The molecule has 3 unspecified atom stereocenters. The van der Waals surface area contributed by atoms with Gasteiger partial charge < -0.3 is 5.32 Å². The van der Waals surface area contributed by atoms with Gasteiger partial charge in [0.2, 0.25) is 5.91 Å². The molecule has 3 heteroatoms. The lowest BCUT2D eigenvalue weighted by atomic mass is 9.80. The minimum Gasteiger partial charge on any atom is -0.356 e. The van der Waals surface area contributed by atoms with Crippen molar-refractivity contribution in [3.63, 3.8) is 0 Å². The summed E-state index contributed by atoms with van der Waals surface area (Å²) in [5.74, 6) is 1.85. The number of alkyl halides is 1. The number of carbonyl (C=O) groups is 1. The zero-order valence-electron chi connectivity index (χ0n) is 11.2. The summed E-state index contributed by atoms with van der Waals surface area (Å²) >= 11 is 3.60. The van der Waals surface area contributed by atoms with Crippen molar-refractivity contribution in [2.45, 2.75) is 52.4 Å². The molecule has 1 saturated carbocycles. The standard InChI is InChI=1S/C14H26BrNO/c1-3-6-11(2)14(17)16-10-13-8-5-4-7-12(13)9-15/h11-13H,3-10H2,1-2H3,(H,16,17). The monoisotopic (exact) mass is 303 g/mol. The molecule has 100 valence electrons. The first-order valence-corrected chi connectivity index (χ1v) is 8.14. The van der Waals surface area contributed by atoms with E-state index in [1.54, 1.807) is 0 Å². The summed E-state index contributed by atoms with van der Waals surface area (Å²) < 4.78 is 0. The van der Waals surface area contributed by atoms with Crippen LogP contribution in [0.25, 0.3) is 0 Å². The van der Waals surface area contributed by atoms with Crippen molar-refractivity contribution in [2.24, 2.45) is 17.8 Å². The van der Waals surface area contributed by atoms with Gasteiger partial charge in [0.05, 0.1) is 0 Å². The summed E-state index contributed by atoms with van der Waals surface area (Å²) in [6.07, 6.45) is 7.36. The fourth-order valence-electron chi connectivity index (χ4n) is 2.73. The molecule has 0 aromatic carbocycles. The molecule has 2 nitrogen and oxygen atoms in total. The van der Waals surface area contributed by atoms with Gasteiger partial charge >= 0.3 is 0 Å². The Hall–Kier alpha value is -0.0500. The van der Waals surface area contributed by atoms with Gasteiger partial charge in [-0.25, -0.2) is 0 Å². The molecule has 1 amide bonds. The number of amides is 1. The maximum absolute atomic E-state index is 11.8. The van der Waals surface area contributed by atoms with E-state index in [4.69, 9.17) is 0 Å². The van der Waals surface area contributed by atoms with Crippen LogP contribution in [0.4, 0.5) is 0 Å². The predicted molar refractivity (Wildman–Crippen MR) is 76.3 cm³/mol. The van der Waals surface area contributed by atoms with Crippen LogP contribution in [0, 0.1) is 17.8 Å². The Morgan fingerprint density at radius 3 is 2.59 bits per heavy atom. The zero-order chi connectivity index (χ0) is 12.7. The summed E-state index contributed by atoms with van der Waals surface area (Å²) in [4.78, 5) is 11.8. The summed E-state index contributed by atoms with van der Waals surface area (Å²) in [5, 5.41) is 4.22. The number of carbonyl (C=O) groups excluding carboxylic acids is 1. The van der Waals surface area contributed by atoms with E-state index < -0.39 is 0 Å². The van der Waals surface area contributed by atoms with E-state index in [1.807, 2.05) is 6.92 Å². The molecule has 3 atom stereocenters. The van der Waals surface area contributed by atoms with Gasteiger partial charge in [-0.05, 0) is 31.1 Å². The number of hydrogen-bond donors (Lipinski definition) is 1. The zero-order valence-corrected chi connectivity index (χ0v) is 12.8. The third-order valence-corrected chi connectivity index (χ3v) is 4.80. The number of hydrogen-bond acceptors (Lipinski definition) is 1. The molecule has 0 heterocycles. The Kier molecular flexibility index (Phi) is 7.17. The molecule has 0 bridgehead atoms.